The molecule has 1 aliphatic heterocycles. The van der Waals surface area contributed by atoms with Crippen molar-refractivity contribution in [2.24, 2.45) is 5.92 Å². The Morgan fingerprint density at radius 3 is 2.35 bits per heavy atom. The minimum absolute atomic E-state index is 0.0117. The molecule has 2 heterocycles. The largest absolute Gasteiger partial charge is 0.284 e. The molecular weight excluding hydrogens is 322 g/mol. The number of benzene rings is 2. The fourth-order valence-corrected chi connectivity index (χ4v) is 3.97. The summed E-state index contributed by atoms with van der Waals surface area (Å²) in [6, 6.07) is 18.5. The molecule has 0 N–H and O–H groups in total. The van der Waals surface area contributed by atoms with Crippen LogP contribution in [-0.4, -0.2) is 27.8 Å². The summed E-state index contributed by atoms with van der Waals surface area (Å²) in [4.78, 5) is 15.1. The standard InChI is InChI=1S/C22H25N3O/c1-17-20-9-5-6-10-21(20)22(26)25(23-17)16-24-13-11-19(12-14-24)15-18-7-3-2-4-8-18/h2-10,19H,11-16H2,1H3. The van der Waals surface area contributed by atoms with E-state index < -0.39 is 0 Å². The molecule has 0 amide bonds. The molecule has 1 saturated heterocycles. The van der Waals surface area contributed by atoms with Gasteiger partial charge in [0, 0.05) is 18.5 Å². The van der Waals surface area contributed by atoms with Gasteiger partial charge < -0.3 is 0 Å². The van der Waals surface area contributed by atoms with E-state index in [0.717, 1.165) is 41.9 Å². The van der Waals surface area contributed by atoms with Gasteiger partial charge in [0.25, 0.3) is 5.56 Å². The molecule has 0 bridgehead atoms. The molecular formula is C22H25N3O. The zero-order valence-corrected chi connectivity index (χ0v) is 15.3. The van der Waals surface area contributed by atoms with E-state index in [0.29, 0.717) is 6.67 Å². The molecule has 0 saturated carbocycles. The molecule has 0 spiro atoms. The monoisotopic (exact) mass is 347 g/mol. The van der Waals surface area contributed by atoms with Crippen molar-refractivity contribution >= 4 is 10.8 Å². The first-order valence-corrected chi connectivity index (χ1v) is 9.43. The maximum absolute atomic E-state index is 12.7. The van der Waals surface area contributed by atoms with Crippen LogP contribution in [0.4, 0.5) is 0 Å². The van der Waals surface area contributed by atoms with Gasteiger partial charge in [-0.05, 0) is 43.7 Å². The van der Waals surface area contributed by atoms with Crippen molar-refractivity contribution in [2.45, 2.75) is 32.9 Å². The Hall–Kier alpha value is -2.46. The van der Waals surface area contributed by atoms with E-state index in [2.05, 4.69) is 40.3 Å². The van der Waals surface area contributed by atoms with Gasteiger partial charge in [-0.1, -0.05) is 48.5 Å². The van der Waals surface area contributed by atoms with Crippen LogP contribution >= 0.6 is 0 Å². The highest BCUT2D eigenvalue weighted by Crippen LogP contribution is 2.22. The van der Waals surface area contributed by atoms with Crippen LogP contribution in [0.2, 0.25) is 0 Å². The van der Waals surface area contributed by atoms with Crippen molar-refractivity contribution in [3.63, 3.8) is 0 Å². The second-order valence-corrected chi connectivity index (χ2v) is 7.33. The molecule has 26 heavy (non-hydrogen) atoms. The third-order valence-electron chi connectivity index (χ3n) is 5.46. The van der Waals surface area contributed by atoms with E-state index in [-0.39, 0.29) is 5.56 Å². The number of hydrogen-bond acceptors (Lipinski definition) is 3. The van der Waals surface area contributed by atoms with Crippen molar-refractivity contribution in [1.29, 1.82) is 0 Å². The fourth-order valence-electron chi connectivity index (χ4n) is 3.97. The van der Waals surface area contributed by atoms with Crippen LogP contribution in [0.3, 0.4) is 0 Å². The van der Waals surface area contributed by atoms with Gasteiger partial charge >= 0.3 is 0 Å². The average molecular weight is 347 g/mol. The van der Waals surface area contributed by atoms with Crippen LogP contribution in [0, 0.1) is 12.8 Å². The molecule has 0 unspecified atom stereocenters. The normalized spacial score (nSPS) is 16.2. The summed E-state index contributed by atoms with van der Waals surface area (Å²) in [6.45, 7) is 4.61. The quantitative estimate of drug-likeness (QED) is 0.723. The first kappa shape index (κ1) is 17.0. The zero-order chi connectivity index (χ0) is 17.9. The molecule has 4 heteroatoms. The lowest BCUT2D eigenvalue weighted by atomic mass is 9.90. The lowest BCUT2D eigenvalue weighted by Crippen LogP contribution is -2.39. The Labute approximate surface area is 154 Å². The number of aryl methyl sites for hydroxylation is 1. The van der Waals surface area contributed by atoms with E-state index >= 15 is 0 Å². The van der Waals surface area contributed by atoms with E-state index in [9.17, 15) is 4.79 Å². The summed E-state index contributed by atoms with van der Waals surface area (Å²) >= 11 is 0. The lowest BCUT2D eigenvalue weighted by molar-refractivity contribution is 0.138. The maximum atomic E-state index is 12.7. The highest BCUT2D eigenvalue weighted by atomic mass is 16.1. The minimum Gasteiger partial charge on any atom is -0.284 e. The predicted octanol–water partition coefficient (Wildman–Crippen LogP) is 3.62. The Morgan fingerprint density at radius 1 is 0.962 bits per heavy atom. The number of likely N-dealkylation sites (tertiary alicyclic amines) is 1. The predicted molar refractivity (Wildman–Crippen MR) is 105 cm³/mol. The third kappa shape index (κ3) is 3.56. The number of hydrogen-bond donors (Lipinski definition) is 0. The summed E-state index contributed by atoms with van der Waals surface area (Å²) in [6.07, 6.45) is 3.51. The van der Waals surface area contributed by atoms with Gasteiger partial charge in [0.15, 0.2) is 0 Å². The van der Waals surface area contributed by atoms with Gasteiger partial charge in [0.2, 0.25) is 0 Å². The Balaban J connectivity index is 1.42. The molecule has 0 aliphatic carbocycles. The molecule has 3 aromatic rings. The second kappa shape index (κ2) is 7.42. The van der Waals surface area contributed by atoms with Crippen molar-refractivity contribution in [3.05, 3.63) is 76.2 Å². The summed E-state index contributed by atoms with van der Waals surface area (Å²) < 4.78 is 1.63. The number of nitrogens with zero attached hydrogens (tertiary/aromatic N) is 3. The molecule has 134 valence electrons. The second-order valence-electron chi connectivity index (χ2n) is 7.33. The molecule has 4 nitrogen and oxygen atoms in total. The van der Waals surface area contributed by atoms with Crippen molar-refractivity contribution in [2.75, 3.05) is 13.1 Å². The van der Waals surface area contributed by atoms with E-state index in [4.69, 9.17) is 0 Å². The summed E-state index contributed by atoms with van der Waals surface area (Å²) in [5.74, 6) is 0.733. The van der Waals surface area contributed by atoms with Crippen molar-refractivity contribution in [3.8, 4) is 0 Å². The molecule has 2 aromatic carbocycles. The van der Waals surface area contributed by atoms with Crippen LogP contribution in [-0.2, 0) is 13.1 Å². The molecule has 1 aromatic heterocycles. The summed E-state index contributed by atoms with van der Waals surface area (Å²) in [5, 5.41) is 6.26. The average Bonchev–Trinajstić information content (AvgIpc) is 2.68. The first-order chi connectivity index (χ1) is 12.7. The molecule has 0 radical (unpaired) electrons. The summed E-state index contributed by atoms with van der Waals surface area (Å²) in [5.41, 5.74) is 2.35. The molecule has 4 rings (SSSR count). The van der Waals surface area contributed by atoms with Gasteiger partial charge in [-0.15, -0.1) is 0 Å². The summed E-state index contributed by atoms with van der Waals surface area (Å²) in [7, 11) is 0. The number of fused-ring (bicyclic) bond motifs is 1. The Morgan fingerprint density at radius 2 is 1.62 bits per heavy atom. The zero-order valence-electron chi connectivity index (χ0n) is 15.3. The SMILES string of the molecule is Cc1nn(CN2CCC(Cc3ccccc3)CC2)c(=O)c2ccccc12. The number of aromatic nitrogens is 2. The minimum atomic E-state index is 0.0117. The van der Waals surface area contributed by atoms with E-state index in [1.165, 1.54) is 18.4 Å². The van der Waals surface area contributed by atoms with Gasteiger partial charge in [-0.25, -0.2) is 4.68 Å². The van der Waals surface area contributed by atoms with Crippen molar-refractivity contribution in [1.82, 2.24) is 14.7 Å². The van der Waals surface area contributed by atoms with Crippen LogP contribution in [0.1, 0.15) is 24.1 Å². The van der Waals surface area contributed by atoms with Gasteiger partial charge in [-0.2, -0.15) is 5.10 Å². The smallest absolute Gasteiger partial charge is 0.275 e. The number of piperidine rings is 1. The van der Waals surface area contributed by atoms with Gasteiger partial charge in [-0.3, -0.25) is 9.69 Å². The third-order valence-corrected chi connectivity index (χ3v) is 5.46. The first-order valence-electron chi connectivity index (χ1n) is 9.43. The Bertz CT molecular complexity index is 941. The van der Waals surface area contributed by atoms with Crippen LogP contribution in [0.15, 0.2) is 59.4 Å². The van der Waals surface area contributed by atoms with Crippen LogP contribution in [0.25, 0.3) is 10.8 Å². The lowest BCUT2D eigenvalue weighted by Gasteiger charge is -2.32. The van der Waals surface area contributed by atoms with Gasteiger partial charge in [0.05, 0.1) is 17.7 Å². The van der Waals surface area contributed by atoms with Crippen molar-refractivity contribution < 1.29 is 0 Å². The molecule has 0 atom stereocenters. The topological polar surface area (TPSA) is 38.1 Å². The molecule has 1 fully saturated rings. The number of rotatable bonds is 4. The highest BCUT2D eigenvalue weighted by molar-refractivity contribution is 5.83. The molecule has 1 aliphatic rings. The maximum Gasteiger partial charge on any atom is 0.275 e. The highest BCUT2D eigenvalue weighted by Gasteiger charge is 2.20. The Kier molecular flexibility index (Phi) is 4.85. The van der Waals surface area contributed by atoms with E-state index in [1.54, 1.807) is 4.68 Å². The van der Waals surface area contributed by atoms with Crippen LogP contribution < -0.4 is 5.56 Å². The van der Waals surface area contributed by atoms with Crippen LogP contribution in [0.5, 0.6) is 0 Å². The van der Waals surface area contributed by atoms with Gasteiger partial charge in [0.1, 0.15) is 0 Å². The van der Waals surface area contributed by atoms with E-state index in [1.807, 2.05) is 31.2 Å². The fraction of sp³-hybridized carbons (Fsp3) is 0.364.